The average Bonchev–Trinajstić information content (AvgIpc) is 3.29. The first kappa shape index (κ1) is 20.7. The summed E-state index contributed by atoms with van der Waals surface area (Å²) in [5, 5.41) is 3.69. The van der Waals surface area contributed by atoms with Crippen molar-refractivity contribution >= 4 is 28.6 Å². The second-order valence-corrected chi connectivity index (χ2v) is 8.35. The van der Waals surface area contributed by atoms with E-state index in [1.807, 2.05) is 91.9 Å². The molecule has 4 aromatic rings. The zero-order valence-electron chi connectivity index (χ0n) is 18.2. The number of carbonyl (C=O) groups excluding carboxylic acids is 3. The molecular weight excluding hydrogens is 414 g/mol. The fraction of sp³-hybridized carbons (Fsp3) is 0.148. The summed E-state index contributed by atoms with van der Waals surface area (Å²) in [6, 6.07) is 25.7. The minimum absolute atomic E-state index is 0.281. The van der Waals surface area contributed by atoms with Gasteiger partial charge in [0.1, 0.15) is 0 Å². The summed E-state index contributed by atoms with van der Waals surface area (Å²) in [6.45, 7) is 1.50. The molecule has 2 N–H and O–H groups in total. The molecule has 3 aromatic carbocycles. The molecule has 6 heteroatoms. The molecule has 0 radical (unpaired) electrons. The summed E-state index contributed by atoms with van der Waals surface area (Å²) in [7, 11) is 0. The number of aromatic nitrogens is 1. The molecule has 3 amide bonds. The highest BCUT2D eigenvalue weighted by Crippen LogP contribution is 2.33. The molecule has 2 heterocycles. The Hall–Kier alpha value is -4.19. The number of nitrogens with zero attached hydrogens (tertiary/aromatic N) is 1. The van der Waals surface area contributed by atoms with Gasteiger partial charge < -0.3 is 10.3 Å². The first-order valence-electron chi connectivity index (χ1n) is 10.8. The smallest absolute Gasteiger partial charge is 0.325 e. The Bertz CT molecular complexity index is 1360. The van der Waals surface area contributed by atoms with Gasteiger partial charge in [-0.3, -0.25) is 14.5 Å². The molecule has 164 valence electrons. The van der Waals surface area contributed by atoms with Crippen molar-refractivity contribution in [2.75, 3.05) is 6.54 Å². The standard InChI is InChI=1S/C27H23N3O3/c1-18-24(21-14-8-9-15-22(21)28-18)23(31)17-30-25(32)27(29-26(30)33,20-12-6-3-7-13-20)16-19-10-4-2-5-11-19/h2-15,28H,16-17H2,1H3,(H,29,33)/t27-/m1/s1. The van der Waals surface area contributed by atoms with Crippen molar-refractivity contribution in [2.24, 2.45) is 0 Å². The number of carbonyl (C=O) groups is 3. The number of aryl methyl sites for hydroxylation is 1. The van der Waals surface area contributed by atoms with Crippen molar-refractivity contribution in [2.45, 2.75) is 18.9 Å². The van der Waals surface area contributed by atoms with Crippen LogP contribution in [0.2, 0.25) is 0 Å². The van der Waals surface area contributed by atoms with Gasteiger partial charge in [0.2, 0.25) is 0 Å². The van der Waals surface area contributed by atoms with Crippen LogP contribution < -0.4 is 5.32 Å². The second-order valence-electron chi connectivity index (χ2n) is 8.35. The number of imide groups is 1. The number of amides is 3. The molecule has 33 heavy (non-hydrogen) atoms. The molecule has 0 saturated carbocycles. The summed E-state index contributed by atoms with van der Waals surface area (Å²) in [4.78, 5) is 44.4. The van der Waals surface area contributed by atoms with E-state index in [2.05, 4.69) is 10.3 Å². The number of Topliss-reactive ketones (excluding diaryl/α,β-unsaturated/α-hetero) is 1. The van der Waals surface area contributed by atoms with Gasteiger partial charge in [-0.15, -0.1) is 0 Å². The van der Waals surface area contributed by atoms with Crippen LogP contribution in [0, 0.1) is 6.92 Å². The van der Waals surface area contributed by atoms with E-state index >= 15 is 0 Å². The maximum absolute atomic E-state index is 13.8. The number of hydrogen-bond acceptors (Lipinski definition) is 3. The topological polar surface area (TPSA) is 82.3 Å². The van der Waals surface area contributed by atoms with E-state index in [1.165, 1.54) is 0 Å². The minimum Gasteiger partial charge on any atom is -0.358 e. The summed E-state index contributed by atoms with van der Waals surface area (Å²) in [5.74, 6) is -0.703. The molecular formula is C27H23N3O3. The zero-order valence-corrected chi connectivity index (χ0v) is 18.2. The summed E-state index contributed by atoms with van der Waals surface area (Å²) in [5.41, 5.74) is 2.40. The van der Waals surface area contributed by atoms with Crippen LogP contribution in [0.15, 0.2) is 84.9 Å². The summed E-state index contributed by atoms with van der Waals surface area (Å²) >= 11 is 0. The van der Waals surface area contributed by atoms with Crippen molar-refractivity contribution in [3.63, 3.8) is 0 Å². The number of para-hydroxylation sites is 1. The molecule has 0 aliphatic carbocycles. The number of ketones is 1. The quantitative estimate of drug-likeness (QED) is 0.348. The lowest BCUT2D eigenvalue weighted by atomic mass is 9.83. The van der Waals surface area contributed by atoms with E-state index in [1.54, 1.807) is 0 Å². The largest absolute Gasteiger partial charge is 0.358 e. The molecule has 1 aliphatic rings. The van der Waals surface area contributed by atoms with Crippen molar-refractivity contribution in [1.29, 1.82) is 0 Å². The predicted molar refractivity (Wildman–Crippen MR) is 126 cm³/mol. The third-order valence-electron chi connectivity index (χ3n) is 6.23. The van der Waals surface area contributed by atoms with Crippen molar-refractivity contribution in [3.05, 3.63) is 107 Å². The van der Waals surface area contributed by atoms with Gasteiger partial charge in [-0.1, -0.05) is 78.9 Å². The fourth-order valence-corrected chi connectivity index (χ4v) is 4.67. The SMILES string of the molecule is Cc1[nH]c2ccccc2c1C(=O)CN1C(=O)N[C@](Cc2ccccc2)(c2ccccc2)C1=O. The van der Waals surface area contributed by atoms with Gasteiger partial charge in [-0.2, -0.15) is 0 Å². The molecule has 0 spiro atoms. The second kappa shape index (κ2) is 8.06. The van der Waals surface area contributed by atoms with E-state index in [0.717, 1.165) is 21.4 Å². The molecule has 1 aliphatic heterocycles. The molecule has 0 unspecified atom stereocenters. The number of rotatable bonds is 6. The van der Waals surface area contributed by atoms with E-state index < -0.39 is 17.5 Å². The summed E-state index contributed by atoms with van der Waals surface area (Å²) < 4.78 is 0. The Kier molecular flexibility index (Phi) is 5.05. The van der Waals surface area contributed by atoms with Gasteiger partial charge in [-0.05, 0) is 24.1 Å². The highest BCUT2D eigenvalue weighted by atomic mass is 16.2. The van der Waals surface area contributed by atoms with Gasteiger partial charge in [0.05, 0.1) is 6.54 Å². The van der Waals surface area contributed by atoms with Gasteiger partial charge >= 0.3 is 6.03 Å². The van der Waals surface area contributed by atoms with Gasteiger partial charge in [0, 0.05) is 28.6 Å². The Morgan fingerprint density at radius 3 is 2.24 bits per heavy atom. The van der Waals surface area contributed by atoms with Crippen LogP contribution in [0.3, 0.4) is 0 Å². The van der Waals surface area contributed by atoms with Gasteiger partial charge in [-0.25, -0.2) is 4.79 Å². The number of nitrogens with one attached hydrogen (secondary N) is 2. The lowest BCUT2D eigenvalue weighted by molar-refractivity contribution is -0.131. The average molecular weight is 437 g/mol. The molecule has 1 aromatic heterocycles. The molecule has 6 nitrogen and oxygen atoms in total. The minimum atomic E-state index is -1.27. The van der Waals surface area contributed by atoms with Gasteiger partial charge in [0.15, 0.2) is 11.3 Å². The van der Waals surface area contributed by atoms with Crippen molar-refractivity contribution in [1.82, 2.24) is 15.2 Å². The first-order valence-corrected chi connectivity index (χ1v) is 10.8. The third-order valence-corrected chi connectivity index (χ3v) is 6.23. The Labute approximate surface area is 191 Å². The number of aromatic amines is 1. The highest BCUT2D eigenvalue weighted by Gasteiger charge is 2.52. The number of H-pyrrole nitrogens is 1. The number of urea groups is 1. The van der Waals surface area contributed by atoms with Crippen molar-refractivity contribution < 1.29 is 14.4 Å². The Balaban J connectivity index is 1.51. The maximum Gasteiger partial charge on any atom is 0.325 e. The van der Waals surface area contributed by atoms with Crippen LogP contribution in [0.4, 0.5) is 4.79 Å². The normalized spacial score (nSPS) is 18.0. The first-order chi connectivity index (χ1) is 16.0. The van der Waals surface area contributed by atoms with Crippen molar-refractivity contribution in [3.8, 4) is 0 Å². The molecule has 1 saturated heterocycles. The lowest BCUT2D eigenvalue weighted by Crippen LogP contribution is -2.46. The maximum atomic E-state index is 13.8. The van der Waals surface area contributed by atoms with Crippen LogP contribution in [0.1, 0.15) is 27.2 Å². The van der Waals surface area contributed by atoms with E-state index in [0.29, 0.717) is 23.2 Å². The van der Waals surface area contributed by atoms with E-state index in [9.17, 15) is 14.4 Å². The van der Waals surface area contributed by atoms with Crippen LogP contribution in [0.5, 0.6) is 0 Å². The zero-order chi connectivity index (χ0) is 23.0. The molecule has 1 fully saturated rings. The van der Waals surface area contributed by atoms with Crippen LogP contribution in [0.25, 0.3) is 10.9 Å². The van der Waals surface area contributed by atoms with Crippen LogP contribution in [-0.4, -0.2) is 34.2 Å². The monoisotopic (exact) mass is 437 g/mol. The fourth-order valence-electron chi connectivity index (χ4n) is 4.67. The lowest BCUT2D eigenvalue weighted by Gasteiger charge is -2.27. The van der Waals surface area contributed by atoms with E-state index in [-0.39, 0.29) is 12.3 Å². The third kappa shape index (κ3) is 3.49. The van der Waals surface area contributed by atoms with Crippen LogP contribution >= 0.6 is 0 Å². The molecule has 5 rings (SSSR count). The highest BCUT2D eigenvalue weighted by molar-refractivity contribution is 6.15. The molecule has 0 bridgehead atoms. The number of benzene rings is 3. The summed E-state index contributed by atoms with van der Waals surface area (Å²) in [6.07, 6.45) is 0.291. The van der Waals surface area contributed by atoms with E-state index in [4.69, 9.17) is 0 Å². The predicted octanol–water partition coefficient (Wildman–Crippen LogP) is 4.35. The Morgan fingerprint density at radius 2 is 1.52 bits per heavy atom. The number of fused-ring (bicyclic) bond motifs is 1. The molecule has 1 atom stereocenters. The van der Waals surface area contributed by atoms with Crippen LogP contribution in [-0.2, 0) is 16.8 Å². The number of hydrogen-bond donors (Lipinski definition) is 2. The van der Waals surface area contributed by atoms with Gasteiger partial charge in [0.25, 0.3) is 5.91 Å². The Morgan fingerprint density at radius 1 is 0.879 bits per heavy atom.